The minimum absolute atomic E-state index is 0.00704. The van der Waals surface area contributed by atoms with E-state index in [0.29, 0.717) is 0 Å². The van der Waals surface area contributed by atoms with Gasteiger partial charge in [-0.05, 0) is 31.6 Å². The second-order valence-electron chi connectivity index (χ2n) is 3.02. The second-order valence-corrected chi connectivity index (χ2v) is 3.02. The van der Waals surface area contributed by atoms with Crippen LogP contribution in [0.4, 0.5) is 0 Å². The standard InChI is InChI=1S/C11H14N2O/c1-3-5-11(14)13-9(2)10-6-4-7-12-8-10/h3-9H,1-2H3,(H,13,14)/b5-3+/t9-/m0/s1. The molecule has 0 aliphatic rings. The number of carbonyl (C=O) groups excluding carboxylic acids is 1. The Bertz CT molecular complexity index is 319. The van der Waals surface area contributed by atoms with E-state index < -0.39 is 0 Å². The molecule has 0 radical (unpaired) electrons. The normalized spacial score (nSPS) is 12.7. The highest BCUT2D eigenvalue weighted by Crippen LogP contribution is 2.09. The zero-order valence-electron chi connectivity index (χ0n) is 8.40. The summed E-state index contributed by atoms with van der Waals surface area (Å²) in [5.41, 5.74) is 1.00. The third-order valence-corrected chi connectivity index (χ3v) is 1.86. The number of pyridine rings is 1. The Hall–Kier alpha value is -1.64. The van der Waals surface area contributed by atoms with Gasteiger partial charge in [0.25, 0.3) is 0 Å². The van der Waals surface area contributed by atoms with E-state index in [1.165, 1.54) is 6.08 Å². The summed E-state index contributed by atoms with van der Waals surface area (Å²) in [6.07, 6.45) is 6.68. The smallest absolute Gasteiger partial charge is 0.244 e. The van der Waals surface area contributed by atoms with Crippen LogP contribution in [0.15, 0.2) is 36.7 Å². The first kappa shape index (κ1) is 10.4. The molecule has 0 aromatic carbocycles. The predicted octanol–water partition coefficient (Wildman–Crippen LogP) is 1.83. The van der Waals surface area contributed by atoms with Crippen molar-refractivity contribution in [2.24, 2.45) is 0 Å². The van der Waals surface area contributed by atoms with Gasteiger partial charge in [-0.15, -0.1) is 0 Å². The van der Waals surface area contributed by atoms with Gasteiger partial charge in [0.1, 0.15) is 0 Å². The number of aromatic nitrogens is 1. The van der Waals surface area contributed by atoms with Crippen molar-refractivity contribution in [3.8, 4) is 0 Å². The Kier molecular flexibility index (Phi) is 3.85. The van der Waals surface area contributed by atoms with Crippen LogP contribution in [0.1, 0.15) is 25.5 Å². The molecule has 0 spiro atoms. The van der Waals surface area contributed by atoms with Crippen LogP contribution < -0.4 is 5.32 Å². The number of rotatable bonds is 3. The average Bonchev–Trinajstić information content (AvgIpc) is 2.19. The van der Waals surface area contributed by atoms with Gasteiger partial charge in [0.2, 0.25) is 5.91 Å². The van der Waals surface area contributed by atoms with Gasteiger partial charge in [-0.3, -0.25) is 9.78 Å². The van der Waals surface area contributed by atoms with Crippen molar-refractivity contribution in [1.29, 1.82) is 0 Å². The lowest BCUT2D eigenvalue weighted by Crippen LogP contribution is -2.24. The van der Waals surface area contributed by atoms with Crippen molar-refractivity contribution in [3.63, 3.8) is 0 Å². The monoisotopic (exact) mass is 190 g/mol. The van der Waals surface area contributed by atoms with Crippen LogP contribution in [-0.4, -0.2) is 10.9 Å². The summed E-state index contributed by atoms with van der Waals surface area (Å²) in [5.74, 6) is -0.0798. The highest BCUT2D eigenvalue weighted by molar-refractivity contribution is 5.87. The number of allylic oxidation sites excluding steroid dienone is 1. The molecule has 3 heteroatoms. The van der Waals surface area contributed by atoms with Gasteiger partial charge in [0.05, 0.1) is 6.04 Å². The van der Waals surface area contributed by atoms with Crippen LogP contribution in [0.25, 0.3) is 0 Å². The highest BCUT2D eigenvalue weighted by Gasteiger charge is 2.06. The van der Waals surface area contributed by atoms with Crippen molar-refractivity contribution in [1.82, 2.24) is 10.3 Å². The van der Waals surface area contributed by atoms with Gasteiger partial charge in [-0.2, -0.15) is 0 Å². The van der Waals surface area contributed by atoms with E-state index in [1.54, 1.807) is 18.5 Å². The van der Waals surface area contributed by atoms with Crippen LogP contribution in [0.2, 0.25) is 0 Å². The lowest BCUT2D eigenvalue weighted by molar-refractivity contribution is -0.117. The zero-order chi connectivity index (χ0) is 10.4. The Labute approximate surface area is 83.9 Å². The lowest BCUT2D eigenvalue weighted by Gasteiger charge is -2.11. The zero-order valence-corrected chi connectivity index (χ0v) is 8.40. The van der Waals surface area contributed by atoms with E-state index in [2.05, 4.69) is 10.3 Å². The molecular formula is C11H14N2O. The molecule has 0 aliphatic heterocycles. The minimum atomic E-state index is -0.0798. The quantitative estimate of drug-likeness (QED) is 0.739. The third-order valence-electron chi connectivity index (χ3n) is 1.86. The number of nitrogens with one attached hydrogen (secondary N) is 1. The molecule has 1 aromatic rings. The Morgan fingerprint density at radius 2 is 2.43 bits per heavy atom. The number of hydrogen-bond donors (Lipinski definition) is 1. The molecule has 0 unspecified atom stereocenters. The topological polar surface area (TPSA) is 42.0 Å². The number of hydrogen-bond acceptors (Lipinski definition) is 2. The molecule has 1 heterocycles. The Balaban J connectivity index is 2.59. The fourth-order valence-corrected chi connectivity index (χ4v) is 1.13. The number of carbonyl (C=O) groups is 1. The van der Waals surface area contributed by atoms with E-state index in [-0.39, 0.29) is 11.9 Å². The average molecular weight is 190 g/mol. The molecule has 74 valence electrons. The molecule has 0 aliphatic carbocycles. The molecule has 0 saturated carbocycles. The summed E-state index contributed by atoms with van der Waals surface area (Å²) in [6, 6.07) is 3.79. The Morgan fingerprint density at radius 3 is 3.00 bits per heavy atom. The van der Waals surface area contributed by atoms with E-state index in [0.717, 1.165) is 5.56 Å². The van der Waals surface area contributed by atoms with Crippen LogP contribution in [0, 0.1) is 0 Å². The van der Waals surface area contributed by atoms with E-state index >= 15 is 0 Å². The summed E-state index contributed by atoms with van der Waals surface area (Å²) >= 11 is 0. The Morgan fingerprint density at radius 1 is 1.64 bits per heavy atom. The molecule has 0 saturated heterocycles. The first-order chi connectivity index (χ1) is 6.74. The molecule has 1 atom stereocenters. The van der Waals surface area contributed by atoms with Gasteiger partial charge in [0, 0.05) is 12.4 Å². The van der Waals surface area contributed by atoms with Crippen LogP contribution in [-0.2, 0) is 4.79 Å². The van der Waals surface area contributed by atoms with Gasteiger partial charge in [-0.1, -0.05) is 12.1 Å². The van der Waals surface area contributed by atoms with Crippen molar-refractivity contribution < 1.29 is 4.79 Å². The number of amides is 1. The molecule has 1 aromatic heterocycles. The van der Waals surface area contributed by atoms with Gasteiger partial charge in [0.15, 0.2) is 0 Å². The fraction of sp³-hybridized carbons (Fsp3) is 0.273. The second kappa shape index (κ2) is 5.17. The minimum Gasteiger partial charge on any atom is -0.346 e. The van der Waals surface area contributed by atoms with Crippen LogP contribution in [0.3, 0.4) is 0 Å². The van der Waals surface area contributed by atoms with E-state index in [4.69, 9.17) is 0 Å². The first-order valence-corrected chi connectivity index (χ1v) is 4.57. The summed E-state index contributed by atoms with van der Waals surface area (Å²) < 4.78 is 0. The largest absolute Gasteiger partial charge is 0.346 e. The molecular weight excluding hydrogens is 176 g/mol. The SMILES string of the molecule is C/C=C/C(=O)N[C@@H](C)c1cccnc1. The molecule has 0 bridgehead atoms. The van der Waals surface area contributed by atoms with Crippen LogP contribution in [0.5, 0.6) is 0 Å². The van der Waals surface area contributed by atoms with Crippen molar-refractivity contribution in [2.45, 2.75) is 19.9 Å². The summed E-state index contributed by atoms with van der Waals surface area (Å²) in [7, 11) is 0. The molecule has 1 rings (SSSR count). The van der Waals surface area contributed by atoms with E-state index in [1.807, 2.05) is 26.0 Å². The molecule has 1 N–H and O–H groups in total. The summed E-state index contributed by atoms with van der Waals surface area (Å²) in [6.45, 7) is 3.74. The molecule has 14 heavy (non-hydrogen) atoms. The molecule has 0 fully saturated rings. The summed E-state index contributed by atoms with van der Waals surface area (Å²) in [4.78, 5) is 15.2. The number of nitrogens with zero attached hydrogens (tertiary/aromatic N) is 1. The van der Waals surface area contributed by atoms with Crippen molar-refractivity contribution >= 4 is 5.91 Å². The van der Waals surface area contributed by atoms with Gasteiger partial charge in [-0.25, -0.2) is 0 Å². The first-order valence-electron chi connectivity index (χ1n) is 4.57. The summed E-state index contributed by atoms with van der Waals surface area (Å²) in [5, 5.41) is 2.83. The van der Waals surface area contributed by atoms with Crippen molar-refractivity contribution in [2.75, 3.05) is 0 Å². The third kappa shape index (κ3) is 3.01. The van der Waals surface area contributed by atoms with E-state index in [9.17, 15) is 4.79 Å². The van der Waals surface area contributed by atoms with Gasteiger partial charge >= 0.3 is 0 Å². The maximum Gasteiger partial charge on any atom is 0.244 e. The predicted molar refractivity (Wildman–Crippen MR) is 55.6 cm³/mol. The molecule has 3 nitrogen and oxygen atoms in total. The fourth-order valence-electron chi connectivity index (χ4n) is 1.13. The van der Waals surface area contributed by atoms with Gasteiger partial charge < -0.3 is 5.32 Å². The van der Waals surface area contributed by atoms with Crippen molar-refractivity contribution in [3.05, 3.63) is 42.2 Å². The van der Waals surface area contributed by atoms with Crippen LogP contribution >= 0.6 is 0 Å². The maximum atomic E-state index is 11.2. The molecule has 1 amide bonds. The maximum absolute atomic E-state index is 11.2. The lowest BCUT2D eigenvalue weighted by atomic mass is 10.1. The highest BCUT2D eigenvalue weighted by atomic mass is 16.1.